The van der Waals surface area contributed by atoms with Crippen LogP contribution in [0.2, 0.25) is 0 Å². The van der Waals surface area contributed by atoms with Crippen molar-refractivity contribution in [2.45, 2.75) is 17.1 Å². The molecule has 0 saturated carbocycles. The minimum absolute atomic E-state index is 0.227. The quantitative estimate of drug-likeness (QED) is 0.645. The smallest absolute Gasteiger partial charge is 0.240 e. The molecule has 3 aromatic rings. The normalized spacial score (nSPS) is 14.1. The fraction of sp³-hybridized carbons (Fsp3) is 0.188. The maximum Gasteiger partial charge on any atom is 0.409 e. The molecule has 0 unspecified atom stereocenters. The number of halogens is 4. The van der Waals surface area contributed by atoms with Crippen molar-refractivity contribution >= 4 is 15.5 Å². The van der Waals surface area contributed by atoms with Gasteiger partial charge >= 0.3 is 6.18 Å². The average Bonchev–Trinajstić information content (AvgIpc) is 3.03. The van der Waals surface area contributed by atoms with E-state index in [1.807, 2.05) is 0 Å². The summed E-state index contributed by atoms with van der Waals surface area (Å²) in [4.78, 5) is -0.340. The van der Waals surface area contributed by atoms with Gasteiger partial charge < -0.3 is 0 Å². The monoisotopic (exact) mass is 387 g/mol. The van der Waals surface area contributed by atoms with E-state index in [9.17, 15) is 26.0 Å². The van der Waals surface area contributed by atoms with Crippen molar-refractivity contribution < 1.29 is 26.0 Å². The predicted octanol–water partition coefficient (Wildman–Crippen LogP) is 3.40. The van der Waals surface area contributed by atoms with Gasteiger partial charge in [0.25, 0.3) is 0 Å². The average molecular weight is 387 g/mol. The summed E-state index contributed by atoms with van der Waals surface area (Å²) in [6.07, 6.45) is -2.32. The topological polar surface area (TPSA) is 54.7 Å². The minimum Gasteiger partial charge on any atom is -0.240 e. The Labute approximate surface area is 146 Å². The number of hydrogen-bond acceptors (Lipinski definition) is 3. The molecule has 3 rings (SSSR count). The fourth-order valence-electron chi connectivity index (χ4n) is 2.60. The van der Waals surface area contributed by atoms with Crippen molar-refractivity contribution in [2.75, 3.05) is 7.05 Å². The van der Waals surface area contributed by atoms with Gasteiger partial charge in [-0.15, -0.1) is 0 Å². The number of rotatable bonds is 4. The molecular weight excluding hydrogens is 374 g/mol. The standard InChI is InChI=1S/C16H13F4N3O2S/c1-22(15(16(18,19)20)11-2-4-12(17)5-3-11)26(24,25)14-7-6-13-8-9-21-23(13)10-14/h2-10,15H,1H3/t15-/m1/s1. The Hall–Kier alpha value is -2.46. The molecule has 0 amide bonds. The molecule has 5 nitrogen and oxygen atoms in total. The summed E-state index contributed by atoms with van der Waals surface area (Å²) in [6.45, 7) is 0. The van der Waals surface area contributed by atoms with Crippen molar-refractivity contribution in [2.24, 2.45) is 0 Å². The third kappa shape index (κ3) is 3.29. The molecule has 0 aliphatic heterocycles. The summed E-state index contributed by atoms with van der Waals surface area (Å²) in [5, 5.41) is 3.88. The van der Waals surface area contributed by atoms with Crippen molar-refractivity contribution in [1.29, 1.82) is 0 Å². The number of pyridine rings is 1. The van der Waals surface area contributed by atoms with Crippen LogP contribution in [0.25, 0.3) is 5.52 Å². The molecule has 0 bridgehead atoms. The number of hydrogen-bond donors (Lipinski definition) is 0. The lowest BCUT2D eigenvalue weighted by Crippen LogP contribution is -2.39. The van der Waals surface area contributed by atoms with Gasteiger partial charge in [-0.3, -0.25) is 0 Å². The highest BCUT2D eigenvalue weighted by Gasteiger charge is 2.47. The van der Waals surface area contributed by atoms with E-state index in [-0.39, 0.29) is 14.8 Å². The van der Waals surface area contributed by atoms with Gasteiger partial charge in [0.15, 0.2) is 0 Å². The Morgan fingerprint density at radius 1 is 1.08 bits per heavy atom. The van der Waals surface area contributed by atoms with Gasteiger partial charge in [-0.05, 0) is 35.9 Å². The first-order valence-corrected chi connectivity index (χ1v) is 8.78. The molecule has 2 aromatic heterocycles. The highest BCUT2D eigenvalue weighted by Crippen LogP contribution is 2.39. The first-order chi connectivity index (χ1) is 12.1. The largest absolute Gasteiger partial charge is 0.409 e. The number of benzene rings is 1. The number of aromatic nitrogens is 2. The second-order valence-electron chi connectivity index (χ2n) is 5.58. The maximum absolute atomic E-state index is 13.6. The summed E-state index contributed by atoms with van der Waals surface area (Å²) in [6, 6.07) is 5.34. The van der Waals surface area contributed by atoms with Gasteiger partial charge in [0, 0.05) is 19.4 Å². The molecule has 0 radical (unpaired) electrons. The molecule has 26 heavy (non-hydrogen) atoms. The first-order valence-electron chi connectivity index (χ1n) is 7.34. The number of nitrogens with zero attached hydrogens (tertiary/aromatic N) is 3. The van der Waals surface area contributed by atoms with Gasteiger partial charge in [-0.2, -0.15) is 22.6 Å². The Balaban J connectivity index is 2.07. The van der Waals surface area contributed by atoms with Crippen molar-refractivity contribution in [3.63, 3.8) is 0 Å². The molecule has 0 aliphatic carbocycles. The van der Waals surface area contributed by atoms with E-state index in [0.717, 1.165) is 37.5 Å². The van der Waals surface area contributed by atoms with Gasteiger partial charge in [-0.25, -0.2) is 17.3 Å². The van der Waals surface area contributed by atoms with Crippen LogP contribution in [0.1, 0.15) is 11.6 Å². The van der Waals surface area contributed by atoms with Crippen LogP contribution < -0.4 is 0 Å². The van der Waals surface area contributed by atoms with Crippen LogP contribution >= 0.6 is 0 Å². The second-order valence-corrected chi connectivity index (χ2v) is 7.58. The minimum atomic E-state index is -4.89. The van der Waals surface area contributed by atoms with Crippen LogP contribution in [-0.4, -0.2) is 35.6 Å². The molecule has 2 heterocycles. The first kappa shape index (κ1) is 18.3. The summed E-state index contributed by atoms with van der Waals surface area (Å²) in [5.74, 6) is -0.718. The summed E-state index contributed by atoms with van der Waals surface area (Å²) in [5.41, 5.74) is 0.211. The summed E-state index contributed by atoms with van der Waals surface area (Å²) in [7, 11) is -3.65. The number of alkyl halides is 3. The van der Waals surface area contributed by atoms with E-state index in [1.54, 1.807) is 6.07 Å². The van der Waals surface area contributed by atoms with Crippen LogP contribution in [0.4, 0.5) is 17.6 Å². The molecule has 0 aliphatic rings. The molecule has 0 saturated heterocycles. The zero-order valence-corrected chi connectivity index (χ0v) is 14.2. The molecule has 1 atom stereocenters. The van der Waals surface area contributed by atoms with E-state index in [0.29, 0.717) is 5.52 Å². The van der Waals surface area contributed by atoms with Gasteiger partial charge in [0.05, 0.1) is 5.52 Å². The Bertz CT molecular complexity index is 1030. The molecular formula is C16H13F4N3O2S. The van der Waals surface area contributed by atoms with E-state index in [2.05, 4.69) is 5.10 Å². The van der Waals surface area contributed by atoms with Crippen LogP contribution in [0.5, 0.6) is 0 Å². The molecule has 138 valence electrons. The molecule has 0 spiro atoms. The van der Waals surface area contributed by atoms with Crippen LogP contribution in [0.3, 0.4) is 0 Å². The van der Waals surface area contributed by atoms with Gasteiger partial charge in [0.1, 0.15) is 16.8 Å². The van der Waals surface area contributed by atoms with Crippen molar-refractivity contribution in [3.8, 4) is 0 Å². The van der Waals surface area contributed by atoms with Crippen LogP contribution in [0, 0.1) is 5.82 Å². The fourth-order valence-corrected chi connectivity index (χ4v) is 3.93. The van der Waals surface area contributed by atoms with Gasteiger partial charge in [0.2, 0.25) is 10.0 Å². The zero-order valence-electron chi connectivity index (χ0n) is 13.4. The third-order valence-electron chi connectivity index (χ3n) is 3.91. The summed E-state index contributed by atoms with van der Waals surface area (Å²) >= 11 is 0. The zero-order chi connectivity index (χ0) is 19.1. The molecule has 10 heteroatoms. The number of sulfonamides is 1. The van der Waals surface area contributed by atoms with Crippen LogP contribution in [0.15, 0.2) is 59.8 Å². The van der Waals surface area contributed by atoms with E-state index < -0.39 is 28.1 Å². The van der Waals surface area contributed by atoms with E-state index >= 15 is 0 Å². The molecule has 0 N–H and O–H groups in total. The third-order valence-corrected chi connectivity index (χ3v) is 5.71. The van der Waals surface area contributed by atoms with Crippen LogP contribution in [-0.2, 0) is 10.0 Å². The lowest BCUT2D eigenvalue weighted by Gasteiger charge is -2.29. The Kier molecular flexibility index (Phi) is 4.49. The lowest BCUT2D eigenvalue weighted by molar-refractivity contribution is -0.171. The maximum atomic E-state index is 13.6. The van der Waals surface area contributed by atoms with E-state index in [4.69, 9.17) is 0 Å². The predicted molar refractivity (Wildman–Crippen MR) is 85.3 cm³/mol. The molecule has 1 aromatic carbocycles. The van der Waals surface area contributed by atoms with Gasteiger partial charge in [-0.1, -0.05) is 12.1 Å². The SMILES string of the molecule is CN([C@H](c1ccc(F)cc1)C(F)(F)F)S(=O)(=O)c1ccc2ccnn2c1. The molecule has 0 fully saturated rings. The Morgan fingerprint density at radius 2 is 1.73 bits per heavy atom. The highest BCUT2D eigenvalue weighted by molar-refractivity contribution is 7.89. The van der Waals surface area contributed by atoms with Crippen molar-refractivity contribution in [1.82, 2.24) is 13.9 Å². The lowest BCUT2D eigenvalue weighted by atomic mass is 10.1. The van der Waals surface area contributed by atoms with E-state index in [1.165, 1.54) is 22.8 Å². The van der Waals surface area contributed by atoms with Crippen molar-refractivity contribution in [3.05, 3.63) is 66.2 Å². The second kappa shape index (κ2) is 6.36. The number of fused-ring (bicyclic) bond motifs is 1. The Morgan fingerprint density at radius 3 is 2.35 bits per heavy atom. The highest BCUT2D eigenvalue weighted by atomic mass is 32.2. The summed E-state index contributed by atoms with van der Waals surface area (Å²) < 4.78 is 80.8.